The summed E-state index contributed by atoms with van der Waals surface area (Å²) >= 11 is 0. The molecule has 0 bridgehead atoms. The second kappa shape index (κ2) is 6.59. The van der Waals surface area contributed by atoms with Gasteiger partial charge in [-0.05, 0) is 25.0 Å². The van der Waals surface area contributed by atoms with Gasteiger partial charge in [0.15, 0.2) is 0 Å². The first-order valence-corrected chi connectivity index (χ1v) is 9.76. The highest BCUT2D eigenvalue weighted by molar-refractivity contribution is 7.88. The molecule has 2 saturated heterocycles. The fourth-order valence-corrected chi connectivity index (χ4v) is 4.27. The van der Waals surface area contributed by atoms with E-state index in [2.05, 4.69) is 4.72 Å². The number of nitrogens with one attached hydrogen (secondary N) is 1. The molecule has 2 aliphatic rings. The van der Waals surface area contributed by atoms with Crippen LogP contribution in [0.5, 0.6) is 0 Å². The summed E-state index contributed by atoms with van der Waals surface area (Å²) in [5.74, 6) is 0.110. The van der Waals surface area contributed by atoms with Crippen molar-refractivity contribution in [1.29, 1.82) is 0 Å². The van der Waals surface area contributed by atoms with E-state index in [4.69, 9.17) is 4.74 Å². The number of rotatable bonds is 3. The molecule has 1 aromatic rings. The van der Waals surface area contributed by atoms with Crippen LogP contribution in [0.2, 0.25) is 0 Å². The molecule has 2 fully saturated rings. The number of benzene rings is 1. The van der Waals surface area contributed by atoms with E-state index in [0.717, 1.165) is 19.1 Å². The van der Waals surface area contributed by atoms with Crippen molar-refractivity contribution >= 4 is 15.9 Å². The normalized spacial score (nSPS) is 28.2. The van der Waals surface area contributed by atoms with Gasteiger partial charge in [0.2, 0.25) is 10.0 Å². The van der Waals surface area contributed by atoms with Crippen molar-refractivity contribution in [2.75, 3.05) is 26.0 Å². The number of carbonyl (C=O) groups excluding carboxylic acids is 1. The molecule has 6 nitrogen and oxygen atoms in total. The summed E-state index contributed by atoms with van der Waals surface area (Å²) in [4.78, 5) is 14.4. The molecule has 0 spiro atoms. The van der Waals surface area contributed by atoms with Gasteiger partial charge in [0.1, 0.15) is 0 Å². The third-order valence-electron chi connectivity index (χ3n) is 4.44. The molecule has 0 unspecified atom stereocenters. The smallest absolute Gasteiger partial charge is 0.253 e. The van der Waals surface area contributed by atoms with Gasteiger partial charge >= 0.3 is 0 Å². The average Bonchev–Trinajstić information content (AvgIpc) is 2.53. The Bertz CT molecular complexity index is 662. The minimum atomic E-state index is -3.36. The van der Waals surface area contributed by atoms with E-state index in [1.54, 1.807) is 17.0 Å². The lowest BCUT2D eigenvalue weighted by Gasteiger charge is -2.45. The van der Waals surface area contributed by atoms with Gasteiger partial charge in [-0.25, -0.2) is 13.1 Å². The molecule has 1 amide bonds. The van der Waals surface area contributed by atoms with Crippen molar-refractivity contribution in [3.63, 3.8) is 0 Å². The first-order valence-electron chi connectivity index (χ1n) is 7.87. The number of likely N-dealkylation sites (tertiary alicyclic amines) is 1. The van der Waals surface area contributed by atoms with Crippen molar-refractivity contribution < 1.29 is 17.9 Å². The number of fused-ring (bicyclic) bond motifs is 1. The van der Waals surface area contributed by atoms with Crippen LogP contribution in [0.25, 0.3) is 0 Å². The maximum atomic E-state index is 12.7. The monoisotopic (exact) mass is 338 g/mol. The second-order valence-electron chi connectivity index (χ2n) is 6.31. The topological polar surface area (TPSA) is 75.7 Å². The third kappa shape index (κ3) is 3.91. The van der Waals surface area contributed by atoms with Crippen LogP contribution in [0.4, 0.5) is 0 Å². The molecule has 3 rings (SSSR count). The van der Waals surface area contributed by atoms with E-state index in [-0.39, 0.29) is 17.9 Å². The van der Waals surface area contributed by atoms with Gasteiger partial charge in [0.25, 0.3) is 5.91 Å². The Morgan fingerprint density at radius 1 is 1.26 bits per heavy atom. The van der Waals surface area contributed by atoms with Crippen molar-refractivity contribution in [2.45, 2.75) is 25.0 Å². The fraction of sp³-hybridized carbons (Fsp3) is 0.562. The molecule has 3 atom stereocenters. The van der Waals surface area contributed by atoms with E-state index >= 15 is 0 Å². The Hall–Kier alpha value is -1.44. The highest BCUT2D eigenvalue weighted by atomic mass is 32.2. The Morgan fingerprint density at radius 2 is 2.00 bits per heavy atom. The zero-order valence-electron chi connectivity index (χ0n) is 13.1. The van der Waals surface area contributed by atoms with Crippen LogP contribution < -0.4 is 4.72 Å². The second-order valence-corrected chi connectivity index (χ2v) is 8.09. The number of carbonyl (C=O) groups is 1. The van der Waals surface area contributed by atoms with Crippen LogP contribution in [0, 0.1) is 5.92 Å². The van der Waals surface area contributed by atoms with Gasteiger partial charge < -0.3 is 9.64 Å². The number of amides is 1. The maximum absolute atomic E-state index is 12.7. The van der Waals surface area contributed by atoms with Crippen molar-refractivity contribution in [1.82, 2.24) is 9.62 Å². The van der Waals surface area contributed by atoms with Crippen LogP contribution in [0.15, 0.2) is 30.3 Å². The van der Waals surface area contributed by atoms with Gasteiger partial charge in [-0.2, -0.15) is 0 Å². The Balaban J connectivity index is 1.81. The van der Waals surface area contributed by atoms with Gasteiger partial charge in [-0.3, -0.25) is 4.79 Å². The van der Waals surface area contributed by atoms with Crippen molar-refractivity contribution in [3.05, 3.63) is 35.9 Å². The summed E-state index contributed by atoms with van der Waals surface area (Å²) in [7, 11) is -3.36. The summed E-state index contributed by atoms with van der Waals surface area (Å²) in [5.41, 5.74) is 0.626. The molecule has 126 valence electrons. The highest BCUT2D eigenvalue weighted by Gasteiger charge is 2.41. The Labute approximate surface area is 136 Å². The Morgan fingerprint density at radius 3 is 2.70 bits per heavy atom. The minimum Gasteiger partial charge on any atom is -0.376 e. The van der Waals surface area contributed by atoms with Gasteiger partial charge in [-0.1, -0.05) is 18.2 Å². The number of hydrogen-bond acceptors (Lipinski definition) is 4. The average molecular weight is 338 g/mol. The summed E-state index contributed by atoms with van der Waals surface area (Å²) in [5, 5.41) is 0. The molecule has 1 aromatic carbocycles. The van der Waals surface area contributed by atoms with Crippen LogP contribution >= 0.6 is 0 Å². The Kier molecular flexibility index (Phi) is 4.70. The fourth-order valence-electron chi connectivity index (χ4n) is 3.51. The molecule has 7 heteroatoms. The zero-order chi connectivity index (χ0) is 16.4. The standard InChI is InChI=1S/C16H22N2O4S/c1-23(20,21)17-14-11-18(10-13-8-5-9-22-15(13)14)16(19)12-6-3-2-4-7-12/h2-4,6-7,13-15,17H,5,8-11H2,1H3/t13-,14+,15-/m0/s1. The molecule has 0 aromatic heterocycles. The van der Waals surface area contributed by atoms with E-state index in [1.165, 1.54) is 0 Å². The molecule has 0 aliphatic carbocycles. The van der Waals surface area contributed by atoms with Crippen molar-refractivity contribution in [3.8, 4) is 0 Å². The van der Waals surface area contributed by atoms with Crippen LogP contribution in [-0.2, 0) is 14.8 Å². The number of hydrogen-bond donors (Lipinski definition) is 1. The van der Waals surface area contributed by atoms with E-state index in [0.29, 0.717) is 25.3 Å². The number of ether oxygens (including phenoxy) is 1. The van der Waals surface area contributed by atoms with E-state index < -0.39 is 16.1 Å². The molecule has 0 saturated carbocycles. The minimum absolute atomic E-state index is 0.0603. The molecular formula is C16H22N2O4S. The van der Waals surface area contributed by atoms with Crippen LogP contribution in [0.1, 0.15) is 23.2 Å². The predicted octanol–water partition coefficient (Wildman–Crippen LogP) is 0.855. The van der Waals surface area contributed by atoms with Crippen LogP contribution in [0.3, 0.4) is 0 Å². The number of nitrogens with zero attached hydrogens (tertiary/aromatic N) is 1. The SMILES string of the molecule is CS(=O)(=O)N[C@@H]1CN(C(=O)c2ccccc2)C[C@@H]2CCCO[C@@H]21. The molecule has 1 N–H and O–H groups in total. The molecule has 0 radical (unpaired) electrons. The molecule has 2 heterocycles. The first kappa shape index (κ1) is 16.4. The van der Waals surface area contributed by atoms with E-state index in [9.17, 15) is 13.2 Å². The van der Waals surface area contributed by atoms with Gasteiger partial charge in [0.05, 0.1) is 18.4 Å². The van der Waals surface area contributed by atoms with E-state index in [1.807, 2.05) is 18.2 Å². The molecular weight excluding hydrogens is 316 g/mol. The maximum Gasteiger partial charge on any atom is 0.253 e. The third-order valence-corrected chi connectivity index (χ3v) is 5.17. The number of piperidine rings is 1. The highest BCUT2D eigenvalue weighted by Crippen LogP contribution is 2.29. The van der Waals surface area contributed by atoms with Gasteiger partial charge in [-0.15, -0.1) is 0 Å². The molecule has 2 aliphatic heterocycles. The first-order chi connectivity index (χ1) is 10.9. The van der Waals surface area contributed by atoms with Crippen molar-refractivity contribution in [2.24, 2.45) is 5.92 Å². The predicted molar refractivity (Wildman–Crippen MR) is 86.6 cm³/mol. The summed E-state index contributed by atoms with van der Waals surface area (Å²) < 4.78 is 31.8. The van der Waals surface area contributed by atoms with Gasteiger partial charge in [0, 0.05) is 31.2 Å². The summed E-state index contributed by atoms with van der Waals surface area (Å²) in [6.45, 7) is 1.60. The lowest BCUT2D eigenvalue weighted by Crippen LogP contribution is -2.61. The molecule has 23 heavy (non-hydrogen) atoms. The number of sulfonamides is 1. The lowest BCUT2D eigenvalue weighted by molar-refractivity contribution is -0.0749. The summed E-state index contributed by atoms with van der Waals surface area (Å²) in [6, 6.07) is 8.70. The lowest BCUT2D eigenvalue weighted by atomic mass is 9.85. The van der Waals surface area contributed by atoms with Crippen LogP contribution in [-0.4, -0.2) is 57.3 Å². The quantitative estimate of drug-likeness (QED) is 0.887. The zero-order valence-corrected chi connectivity index (χ0v) is 14.0. The largest absolute Gasteiger partial charge is 0.376 e. The summed E-state index contributed by atoms with van der Waals surface area (Å²) in [6.07, 6.45) is 2.88.